The molecule has 1 aromatic rings. The molecule has 2 rings (SSSR count). The highest BCUT2D eigenvalue weighted by molar-refractivity contribution is 7.99. The number of hydrogen-bond donors (Lipinski definition) is 0. The fourth-order valence-corrected chi connectivity index (χ4v) is 2.91. The lowest BCUT2D eigenvalue weighted by Crippen LogP contribution is -2.43. The zero-order chi connectivity index (χ0) is 11.4. The Morgan fingerprint density at radius 1 is 1.31 bits per heavy atom. The highest BCUT2D eigenvalue weighted by atomic mass is 32.2. The highest BCUT2D eigenvalue weighted by Gasteiger charge is 2.33. The van der Waals surface area contributed by atoms with E-state index in [1.54, 1.807) is 0 Å². The Morgan fingerprint density at radius 3 is 2.75 bits per heavy atom. The molecule has 0 saturated carbocycles. The molecule has 0 bridgehead atoms. The van der Waals surface area contributed by atoms with Gasteiger partial charge < -0.3 is 9.47 Å². The SMILES string of the molecule is CC1(C)OCOC[C@H]1CSc1ccccc1. The van der Waals surface area contributed by atoms with Gasteiger partial charge in [0.2, 0.25) is 0 Å². The van der Waals surface area contributed by atoms with Crippen LogP contribution in [0.2, 0.25) is 0 Å². The van der Waals surface area contributed by atoms with Gasteiger partial charge in [-0.15, -0.1) is 11.8 Å². The standard InChI is InChI=1S/C13H18O2S/c1-13(2)11(8-14-10-15-13)9-16-12-6-4-3-5-7-12/h3-7,11H,8-10H2,1-2H3/t11-/m0/s1. The van der Waals surface area contributed by atoms with Crippen LogP contribution in [0.3, 0.4) is 0 Å². The molecule has 1 atom stereocenters. The monoisotopic (exact) mass is 238 g/mol. The molecule has 1 fully saturated rings. The molecule has 0 radical (unpaired) electrons. The van der Waals surface area contributed by atoms with Crippen molar-refractivity contribution in [3.05, 3.63) is 30.3 Å². The minimum atomic E-state index is -0.0694. The summed E-state index contributed by atoms with van der Waals surface area (Å²) in [6, 6.07) is 10.5. The molecule has 1 saturated heterocycles. The van der Waals surface area contributed by atoms with Crippen LogP contribution >= 0.6 is 11.8 Å². The molecule has 2 nitrogen and oxygen atoms in total. The van der Waals surface area contributed by atoms with Crippen LogP contribution in [0, 0.1) is 5.92 Å². The smallest absolute Gasteiger partial charge is 0.147 e. The van der Waals surface area contributed by atoms with Crippen molar-refractivity contribution >= 4 is 11.8 Å². The second-order valence-electron chi connectivity index (χ2n) is 4.56. The predicted molar refractivity (Wildman–Crippen MR) is 66.6 cm³/mol. The van der Waals surface area contributed by atoms with Crippen molar-refractivity contribution in [1.82, 2.24) is 0 Å². The molecule has 0 unspecified atom stereocenters. The Bertz CT molecular complexity index is 324. The first-order valence-electron chi connectivity index (χ1n) is 5.58. The van der Waals surface area contributed by atoms with Crippen LogP contribution in [0.25, 0.3) is 0 Å². The molecule has 1 heterocycles. The molecule has 0 spiro atoms. The molecule has 0 aliphatic carbocycles. The van der Waals surface area contributed by atoms with Crippen LogP contribution in [0.1, 0.15) is 13.8 Å². The molecule has 1 aliphatic heterocycles. The molecular weight excluding hydrogens is 220 g/mol. The van der Waals surface area contributed by atoms with E-state index in [2.05, 4.69) is 38.1 Å². The number of thioether (sulfide) groups is 1. The molecule has 0 aromatic heterocycles. The molecule has 3 heteroatoms. The van der Waals surface area contributed by atoms with Crippen LogP contribution in [-0.4, -0.2) is 24.8 Å². The summed E-state index contributed by atoms with van der Waals surface area (Å²) in [4.78, 5) is 1.31. The Labute approximate surface area is 101 Å². The maximum Gasteiger partial charge on any atom is 0.147 e. The Hall–Kier alpha value is -0.510. The van der Waals surface area contributed by atoms with Gasteiger partial charge in [-0.2, -0.15) is 0 Å². The van der Waals surface area contributed by atoms with E-state index in [-0.39, 0.29) is 5.60 Å². The summed E-state index contributed by atoms with van der Waals surface area (Å²) in [6.07, 6.45) is 0. The molecule has 1 aliphatic rings. The van der Waals surface area contributed by atoms with Crippen LogP contribution in [0.5, 0.6) is 0 Å². The Balaban J connectivity index is 1.90. The molecule has 16 heavy (non-hydrogen) atoms. The van der Waals surface area contributed by atoms with Crippen molar-refractivity contribution in [2.75, 3.05) is 19.2 Å². The summed E-state index contributed by atoms with van der Waals surface area (Å²) in [5, 5.41) is 0. The normalized spacial score (nSPS) is 24.2. The first-order valence-corrected chi connectivity index (χ1v) is 6.56. The van der Waals surface area contributed by atoms with Crippen molar-refractivity contribution in [1.29, 1.82) is 0 Å². The third-order valence-corrected chi connectivity index (χ3v) is 4.19. The van der Waals surface area contributed by atoms with E-state index in [1.807, 2.05) is 17.8 Å². The fourth-order valence-electron chi connectivity index (χ4n) is 1.66. The van der Waals surface area contributed by atoms with E-state index in [0.717, 1.165) is 12.4 Å². The molecular formula is C13H18O2S. The first-order chi connectivity index (χ1) is 7.68. The van der Waals surface area contributed by atoms with Gasteiger partial charge in [0.25, 0.3) is 0 Å². The molecule has 88 valence electrons. The fraction of sp³-hybridized carbons (Fsp3) is 0.538. The first kappa shape index (κ1) is 12.0. The van der Waals surface area contributed by atoms with Crippen molar-refractivity contribution < 1.29 is 9.47 Å². The van der Waals surface area contributed by atoms with Crippen molar-refractivity contribution in [2.45, 2.75) is 24.3 Å². The van der Waals surface area contributed by atoms with Crippen LogP contribution in [0.15, 0.2) is 35.2 Å². The van der Waals surface area contributed by atoms with Gasteiger partial charge in [-0.1, -0.05) is 18.2 Å². The van der Waals surface area contributed by atoms with E-state index in [4.69, 9.17) is 9.47 Å². The van der Waals surface area contributed by atoms with Crippen molar-refractivity contribution in [3.63, 3.8) is 0 Å². The van der Waals surface area contributed by atoms with Gasteiger partial charge in [-0.05, 0) is 26.0 Å². The maximum atomic E-state index is 5.63. The lowest BCUT2D eigenvalue weighted by molar-refractivity contribution is -0.205. The average Bonchev–Trinajstić information content (AvgIpc) is 2.28. The van der Waals surface area contributed by atoms with Gasteiger partial charge in [-0.3, -0.25) is 0 Å². The van der Waals surface area contributed by atoms with Gasteiger partial charge in [0.05, 0.1) is 12.2 Å². The third-order valence-electron chi connectivity index (χ3n) is 3.01. The number of benzene rings is 1. The lowest BCUT2D eigenvalue weighted by Gasteiger charge is -2.38. The average molecular weight is 238 g/mol. The van der Waals surface area contributed by atoms with Gasteiger partial charge in [0.1, 0.15) is 6.79 Å². The second kappa shape index (κ2) is 5.21. The van der Waals surface area contributed by atoms with Gasteiger partial charge in [0.15, 0.2) is 0 Å². The summed E-state index contributed by atoms with van der Waals surface area (Å²) < 4.78 is 11.0. The summed E-state index contributed by atoms with van der Waals surface area (Å²) in [6.45, 7) is 5.52. The van der Waals surface area contributed by atoms with Gasteiger partial charge in [0, 0.05) is 16.6 Å². The van der Waals surface area contributed by atoms with E-state index in [9.17, 15) is 0 Å². The van der Waals surface area contributed by atoms with Crippen molar-refractivity contribution in [2.24, 2.45) is 5.92 Å². The van der Waals surface area contributed by atoms with E-state index < -0.39 is 0 Å². The topological polar surface area (TPSA) is 18.5 Å². The quantitative estimate of drug-likeness (QED) is 0.754. The number of ether oxygens (including phenoxy) is 2. The molecule has 1 aromatic carbocycles. The van der Waals surface area contributed by atoms with E-state index in [0.29, 0.717) is 12.7 Å². The highest BCUT2D eigenvalue weighted by Crippen LogP contribution is 2.31. The minimum absolute atomic E-state index is 0.0694. The second-order valence-corrected chi connectivity index (χ2v) is 5.65. The minimum Gasteiger partial charge on any atom is -0.355 e. The van der Waals surface area contributed by atoms with Gasteiger partial charge in [-0.25, -0.2) is 0 Å². The van der Waals surface area contributed by atoms with E-state index >= 15 is 0 Å². The van der Waals surface area contributed by atoms with E-state index in [1.165, 1.54) is 4.90 Å². The summed E-state index contributed by atoms with van der Waals surface area (Å²) in [5.74, 6) is 1.49. The van der Waals surface area contributed by atoms with Crippen molar-refractivity contribution in [3.8, 4) is 0 Å². The Morgan fingerprint density at radius 2 is 2.06 bits per heavy atom. The lowest BCUT2D eigenvalue weighted by atomic mass is 9.93. The predicted octanol–water partition coefficient (Wildman–Crippen LogP) is 3.18. The molecule has 0 N–H and O–H groups in total. The maximum absolute atomic E-state index is 5.63. The molecule has 0 amide bonds. The summed E-state index contributed by atoms with van der Waals surface area (Å²) >= 11 is 1.87. The number of hydrogen-bond acceptors (Lipinski definition) is 3. The zero-order valence-electron chi connectivity index (χ0n) is 9.81. The zero-order valence-corrected chi connectivity index (χ0v) is 10.6. The number of rotatable bonds is 3. The third kappa shape index (κ3) is 3.00. The van der Waals surface area contributed by atoms with Crippen LogP contribution in [-0.2, 0) is 9.47 Å². The summed E-state index contributed by atoms with van der Waals surface area (Å²) in [7, 11) is 0. The largest absolute Gasteiger partial charge is 0.355 e. The summed E-state index contributed by atoms with van der Waals surface area (Å²) in [5.41, 5.74) is -0.0694. The van der Waals surface area contributed by atoms with Crippen LogP contribution in [0.4, 0.5) is 0 Å². The van der Waals surface area contributed by atoms with Gasteiger partial charge >= 0.3 is 0 Å². The Kier molecular flexibility index (Phi) is 3.90. The van der Waals surface area contributed by atoms with Crippen LogP contribution < -0.4 is 0 Å².